The summed E-state index contributed by atoms with van der Waals surface area (Å²) in [7, 11) is -4.41. The van der Waals surface area contributed by atoms with Crippen LogP contribution in [0, 0.1) is 0 Å². The second-order valence-electron chi connectivity index (χ2n) is 12.2. The van der Waals surface area contributed by atoms with Crippen molar-refractivity contribution >= 4 is 84.9 Å². The number of aromatic nitrogens is 2. The molecule has 0 amide bonds. The lowest BCUT2D eigenvalue weighted by atomic mass is 10.1. The zero-order valence-electron chi connectivity index (χ0n) is 26.1. The van der Waals surface area contributed by atoms with Crippen molar-refractivity contribution in [3.63, 3.8) is 0 Å². The third-order valence-corrected chi connectivity index (χ3v) is 15.2. The van der Waals surface area contributed by atoms with Crippen molar-refractivity contribution in [2.45, 2.75) is 0 Å². The number of nitrogens with zero attached hydrogens (tertiary/aromatic N) is 1. The molecule has 230 valence electrons. The Morgan fingerprint density at radius 1 is 0.542 bits per heavy atom. The van der Waals surface area contributed by atoms with Crippen molar-refractivity contribution in [2.75, 3.05) is 0 Å². The molecule has 1 unspecified atom stereocenters. The van der Waals surface area contributed by atoms with Crippen LogP contribution in [0.5, 0.6) is 0 Å². The van der Waals surface area contributed by atoms with Crippen molar-refractivity contribution in [1.82, 2.24) is 9.55 Å². The number of H-pyrrole nitrogens is 1. The molecule has 0 aliphatic heterocycles. The van der Waals surface area contributed by atoms with Gasteiger partial charge in [0.15, 0.2) is 7.14 Å². The molecule has 48 heavy (non-hydrogen) atoms. The lowest BCUT2D eigenvalue weighted by Gasteiger charge is -2.20. The van der Waals surface area contributed by atoms with Crippen LogP contribution in [-0.4, -0.2) is 14.8 Å². The summed E-state index contributed by atoms with van der Waals surface area (Å²) < 4.78 is 17.9. The monoisotopic (exact) mass is 654 g/mol. The number of rotatable bonds is 6. The predicted molar refractivity (Wildman–Crippen MR) is 210 cm³/mol. The van der Waals surface area contributed by atoms with Crippen LogP contribution in [0.1, 0.15) is 0 Å². The van der Waals surface area contributed by atoms with Crippen LogP contribution in [0.3, 0.4) is 0 Å². The average molecular weight is 655 g/mol. The third kappa shape index (κ3) is 4.70. The van der Waals surface area contributed by atoms with Gasteiger partial charge in [0.25, 0.3) is 0 Å². The van der Waals surface area contributed by atoms with Gasteiger partial charge in [-0.2, -0.15) is 0 Å². The maximum Gasteiger partial charge on any atom is 0.171 e. The summed E-state index contributed by atoms with van der Waals surface area (Å²) in [6.45, 7) is 0. The van der Waals surface area contributed by atoms with Gasteiger partial charge in [-0.1, -0.05) is 135 Å². The Labute approximate surface area is 280 Å². The summed E-state index contributed by atoms with van der Waals surface area (Å²) in [6.07, 6.45) is 8.86. The molecule has 0 saturated heterocycles. The first-order valence-corrected chi connectivity index (χ1v) is 19.4. The highest BCUT2D eigenvalue weighted by molar-refractivity contribution is 7.85. The van der Waals surface area contributed by atoms with Gasteiger partial charge in [-0.05, 0) is 69.8 Å². The number of para-hydroxylation sites is 1. The van der Waals surface area contributed by atoms with Crippen molar-refractivity contribution in [3.05, 3.63) is 182 Å². The molecule has 1 N–H and O–H groups in total. The van der Waals surface area contributed by atoms with Crippen LogP contribution < -0.4 is 26.5 Å². The first-order chi connectivity index (χ1) is 23.7. The summed E-state index contributed by atoms with van der Waals surface area (Å²) in [5, 5.41) is 9.92. The molecule has 2 heterocycles. The Morgan fingerprint density at radius 2 is 1.17 bits per heavy atom. The van der Waals surface area contributed by atoms with Gasteiger partial charge in [-0.3, -0.25) is 0 Å². The molecule has 1 aliphatic rings. The summed E-state index contributed by atoms with van der Waals surface area (Å²) in [5.41, 5.74) is 4.36. The molecule has 0 bridgehead atoms. The molecule has 9 rings (SSSR count). The Hall–Kier alpha value is -5.33. The van der Waals surface area contributed by atoms with Crippen LogP contribution in [0.4, 0.5) is 0 Å². The molecule has 0 fully saturated rings. The van der Waals surface area contributed by atoms with Crippen LogP contribution in [-0.2, 0) is 4.57 Å². The lowest BCUT2D eigenvalue weighted by molar-refractivity contribution is 0.592. The summed E-state index contributed by atoms with van der Waals surface area (Å²) >= 11 is 0. The maximum atomic E-state index is 15.6. The van der Waals surface area contributed by atoms with Gasteiger partial charge in [0, 0.05) is 44.1 Å². The second kappa shape index (κ2) is 11.7. The van der Waals surface area contributed by atoms with E-state index in [9.17, 15) is 0 Å². The van der Waals surface area contributed by atoms with E-state index in [1.807, 2.05) is 48.7 Å². The highest BCUT2D eigenvalue weighted by Gasteiger charge is 2.31. The van der Waals surface area contributed by atoms with E-state index in [4.69, 9.17) is 0 Å². The normalized spacial score (nSPS) is 14.3. The molecule has 0 radical (unpaired) electrons. The summed E-state index contributed by atoms with van der Waals surface area (Å²) in [4.78, 5) is 3.32. The van der Waals surface area contributed by atoms with Crippen molar-refractivity contribution in [1.29, 1.82) is 0 Å². The molecule has 1 atom stereocenters. The van der Waals surface area contributed by atoms with E-state index in [-0.39, 0.29) is 0 Å². The number of fused-ring (bicyclic) bond motifs is 4. The standard InChI is InChI=1S/C43H32N2OP2/c46-48(36-16-8-3-9-17-36,38-23-20-31-26-27-44-41(31)30-38)37-24-25-43-40(29-37)39-18-10-11-19-42(39)45(43)32-21-22-35(28-32)47(33-12-4-1-5-13-33)34-14-6-2-7-15-34/h1-30,44,47H. The topological polar surface area (TPSA) is 37.8 Å². The van der Waals surface area contributed by atoms with Crippen molar-refractivity contribution in [3.8, 4) is 0 Å². The van der Waals surface area contributed by atoms with Gasteiger partial charge in [0.1, 0.15) is 0 Å². The fourth-order valence-electron chi connectivity index (χ4n) is 7.19. The zero-order valence-corrected chi connectivity index (χ0v) is 28.0. The third-order valence-electron chi connectivity index (χ3n) is 9.45. The number of hydrogen-bond donors (Lipinski definition) is 1. The van der Waals surface area contributed by atoms with Crippen LogP contribution >= 0.6 is 14.7 Å². The quantitative estimate of drug-likeness (QED) is 0.180. The molecule has 0 saturated carbocycles. The number of allylic oxidation sites excluding steroid dienone is 4. The Morgan fingerprint density at radius 3 is 1.92 bits per heavy atom. The van der Waals surface area contributed by atoms with Gasteiger partial charge in [0.05, 0.1) is 11.0 Å². The van der Waals surface area contributed by atoms with Gasteiger partial charge in [-0.15, -0.1) is 0 Å². The molecule has 8 aromatic rings. The minimum atomic E-state index is -3.20. The Bertz CT molecular complexity index is 2590. The summed E-state index contributed by atoms with van der Waals surface area (Å²) in [5.74, 6) is 0. The minimum absolute atomic E-state index is 0.823. The van der Waals surface area contributed by atoms with E-state index in [2.05, 4.69) is 143 Å². The number of nitrogens with one attached hydrogen (secondary N) is 1. The van der Waals surface area contributed by atoms with Crippen LogP contribution in [0.2, 0.25) is 0 Å². The second-order valence-corrected chi connectivity index (χ2v) is 17.5. The highest BCUT2D eigenvalue weighted by Crippen LogP contribution is 2.45. The van der Waals surface area contributed by atoms with Gasteiger partial charge in [-0.25, -0.2) is 0 Å². The van der Waals surface area contributed by atoms with E-state index in [0.717, 1.165) is 54.3 Å². The lowest BCUT2D eigenvalue weighted by Crippen LogP contribution is -2.25. The summed E-state index contributed by atoms with van der Waals surface area (Å²) in [6, 6.07) is 54.9. The zero-order chi connectivity index (χ0) is 32.1. The van der Waals surface area contributed by atoms with E-state index in [1.54, 1.807) is 0 Å². The van der Waals surface area contributed by atoms with Gasteiger partial charge in [0.2, 0.25) is 0 Å². The van der Waals surface area contributed by atoms with Gasteiger partial charge < -0.3 is 14.1 Å². The molecule has 2 aromatic heterocycles. The maximum absolute atomic E-state index is 15.6. The number of benzene rings is 6. The fourth-order valence-corrected chi connectivity index (χ4v) is 12.5. The van der Waals surface area contributed by atoms with E-state index >= 15 is 4.57 Å². The minimum Gasteiger partial charge on any atom is -0.361 e. The largest absolute Gasteiger partial charge is 0.361 e. The van der Waals surface area contributed by atoms with Crippen molar-refractivity contribution < 1.29 is 4.57 Å². The first-order valence-electron chi connectivity index (χ1n) is 16.2. The smallest absolute Gasteiger partial charge is 0.171 e. The van der Waals surface area contributed by atoms with E-state index in [0.29, 0.717) is 0 Å². The number of hydrogen-bond acceptors (Lipinski definition) is 1. The Kier molecular flexibility index (Phi) is 7.05. The Balaban J connectivity index is 1.25. The molecular weight excluding hydrogens is 622 g/mol. The van der Waals surface area contributed by atoms with E-state index < -0.39 is 14.7 Å². The molecule has 0 spiro atoms. The van der Waals surface area contributed by atoms with Crippen molar-refractivity contribution in [2.24, 2.45) is 0 Å². The number of aromatic amines is 1. The molecule has 6 aromatic carbocycles. The van der Waals surface area contributed by atoms with Crippen LogP contribution in [0.15, 0.2) is 182 Å². The van der Waals surface area contributed by atoms with E-state index in [1.165, 1.54) is 15.9 Å². The average Bonchev–Trinajstić information content (AvgIpc) is 3.90. The predicted octanol–water partition coefficient (Wildman–Crippen LogP) is 8.36. The molecular formula is C43H32N2OP2. The highest BCUT2D eigenvalue weighted by atomic mass is 31.2. The molecule has 1 aliphatic carbocycles. The molecule has 3 nitrogen and oxygen atoms in total. The molecule has 5 heteroatoms. The van der Waals surface area contributed by atoms with Gasteiger partial charge >= 0.3 is 0 Å². The van der Waals surface area contributed by atoms with Crippen LogP contribution in [0.25, 0.3) is 38.4 Å². The first kappa shape index (κ1) is 28.9. The SMILES string of the molecule is O=P(c1ccccc1)(c1ccc2cc[nH]c2c1)c1ccc2c(c1)c1ccccc1n2C1=CC(=[PH](c2ccccc2)c2ccccc2)C=C1. The fraction of sp³-hybridized carbons (Fsp3) is 0.